The lowest BCUT2D eigenvalue weighted by Gasteiger charge is -2.26. The highest BCUT2D eigenvalue weighted by Gasteiger charge is 2.31. The minimum Gasteiger partial charge on any atom is -0.373 e. The Labute approximate surface area is 117 Å². The molecule has 2 heteroatoms. The Morgan fingerprint density at radius 3 is 2.63 bits per heavy atom. The molecule has 1 heterocycles. The normalized spacial score (nSPS) is 23.8. The van der Waals surface area contributed by atoms with Gasteiger partial charge in [-0.1, -0.05) is 23.8 Å². The maximum absolute atomic E-state index is 6.00. The molecule has 1 N–H and O–H groups in total. The first-order chi connectivity index (χ1) is 8.87. The molecule has 2 unspecified atom stereocenters. The van der Waals surface area contributed by atoms with E-state index in [1.807, 2.05) is 0 Å². The van der Waals surface area contributed by atoms with Crippen LogP contribution >= 0.6 is 0 Å². The maximum Gasteiger partial charge on any atom is 0.0868 e. The summed E-state index contributed by atoms with van der Waals surface area (Å²) in [6, 6.07) is 6.69. The Bertz CT molecular complexity index is 433. The zero-order chi connectivity index (χ0) is 14.0. The van der Waals surface area contributed by atoms with Crippen molar-refractivity contribution in [3.05, 3.63) is 34.9 Å². The third-order valence-electron chi connectivity index (χ3n) is 3.84. The van der Waals surface area contributed by atoms with E-state index in [0.29, 0.717) is 5.92 Å². The van der Waals surface area contributed by atoms with Crippen molar-refractivity contribution in [3.63, 3.8) is 0 Å². The molecule has 0 aliphatic carbocycles. The molecule has 0 amide bonds. The third-order valence-corrected chi connectivity index (χ3v) is 3.84. The molecule has 0 bridgehead atoms. The van der Waals surface area contributed by atoms with Crippen molar-refractivity contribution in [2.45, 2.75) is 52.7 Å². The van der Waals surface area contributed by atoms with Gasteiger partial charge in [-0.15, -0.1) is 0 Å². The number of nitrogens with one attached hydrogen (secondary N) is 1. The van der Waals surface area contributed by atoms with E-state index in [-0.39, 0.29) is 11.6 Å². The third kappa shape index (κ3) is 3.80. The van der Waals surface area contributed by atoms with E-state index in [4.69, 9.17) is 4.74 Å². The lowest BCUT2D eigenvalue weighted by molar-refractivity contribution is 0.0884. The van der Waals surface area contributed by atoms with Gasteiger partial charge in [-0.05, 0) is 52.2 Å². The zero-order valence-electron chi connectivity index (χ0n) is 12.9. The van der Waals surface area contributed by atoms with Crippen LogP contribution < -0.4 is 5.32 Å². The molecule has 1 aliphatic rings. The van der Waals surface area contributed by atoms with Gasteiger partial charge in [0.15, 0.2) is 0 Å². The molecule has 1 aliphatic heterocycles. The lowest BCUT2D eigenvalue weighted by Crippen LogP contribution is -2.39. The molecule has 0 spiro atoms. The number of rotatable bonds is 3. The predicted octanol–water partition coefficient (Wildman–Crippen LogP) is 3.77. The van der Waals surface area contributed by atoms with Crippen molar-refractivity contribution in [2.24, 2.45) is 5.92 Å². The fourth-order valence-corrected chi connectivity index (χ4v) is 2.77. The van der Waals surface area contributed by atoms with Gasteiger partial charge < -0.3 is 10.1 Å². The summed E-state index contributed by atoms with van der Waals surface area (Å²) in [4.78, 5) is 0. The second kappa shape index (κ2) is 5.64. The molecule has 0 radical (unpaired) electrons. The van der Waals surface area contributed by atoms with E-state index in [2.05, 4.69) is 58.1 Å². The predicted molar refractivity (Wildman–Crippen MR) is 80.5 cm³/mol. The van der Waals surface area contributed by atoms with Crippen LogP contribution in [0.25, 0.3) is 0 Å². The summed E-state index contributed by atoms with van der Waals surface area (Å²) in [7, 11) is 0. The summed E-state index contributed by atoms with van der Waals surface area (Å²) < 4.78 is 6.00. The number of aryl methyl sites for hydroxylation is 2. The van der Waals surface area contributed by atoms with Crippen LogP contribution in [0.3, 0.4) is 0 Å². The first-order valence-corrected chi connectivity index (χ1v) is 7.30. The van der Waals surface area contributed by atoms with Crippen LogP contribution in [0.5, 0.6) is 0 Å². The minimum absolute atomic E-state index is 0.176. The monoisotopic (exact) mass is 261 g/mol. The fraction of sp³-hybridized carbons (Fsp3) is 0.647. The molecule has 106 valence electrons. The Balaban J connectivity index is 2.10. The molecule has 1 saturated heterocycles. The number of ether oxygens (including phenoxy) is 1. The average Bonchev–Trinajstić information content (AvgIpc) is 2.73. The van der Waals surface area contributed by atoms with Crippen LogP contribution in [0.1, 0.15) is 50.0 Å². The van der Waals surface area contributed by atoms with Crippen LogP contribution in [0.4, 0.5) is 0 Å². The summed E-state index contributed by atoms with van der Waals surface area (Å²) in [6.45, 7) is 12.9. The van der Waals surface area contributed by atoms with E-state index in [9.17, 15) is 0 Å². The minimum atomic E-state index is 0.176. The van der Waals surface area contributed by atoms with Gasteiger partial charge in [-0.3, -0.25) is 0 Å². The topological polar surface area (TPSA) is 21.3 Å². The van der Waals surface area contributed by atoms with Crippen molar-refractivity contribution in [1.82, 2.24) is 5.32 Å². The number of benzene rings is 1. The molecule has 1 aromatic carbocycles. The van der Waals surface area contributed by atoms with Crippen molar-refractivity contribution in [2.75, 3.05) is 13.2 Å². The highest BCUT2D eigenvalue weighted by atomic mass is 16.5. The van der Waals surface area contributed by atoms with Gasteiger partial charge in [0.25, 0.3) is 0 Å². The quantitative estimate of drug-likeness (QED) is 0.894. The smallest absolute Gasteiger partial charge is 0.0868 e. The SMILES string of the molecule is Cc1ccc(C2OCCC2CNC(C)(C)C)c(C)c1. The van der Waals surface area contributed by atoms with E-state index in [1.165, 1.54) is 16.7 Å². The number of hydrogen-bond donors (Lipinski definition) is 1. The van der Waals surface area contributed by atoms with Crippen molar-refractivity contribution in [3.8, 4) is 0 Å². The Hall–Kier alpha value is -0.860. The summed E-state index contributed by atoms with van der Waals surface area (Å²) in [6.07, 6.45) is 1.41. The second-order valence-corrected chi connectivity index (χ2v) is 6.83. The van der Waals surface area contributed by atoms with Gasteiger partial charge in [-0.2, -0.15) is 0 Å². The zero-order valence-corrected chi connectivity index (χ0v) is 12.9. The fourth-order valence-electron chi connectivity index (χ4n) is 2.77. The lowest BCUT2D eigenvalue weighted by atomic mass is 9.91. The van der Waals surface area contributed by atoms with E-state index in [1.54, 1.807) is 0 Å². The number of hydrogen-bond acceptors (Lipinski definition) is 2. The van der Waals surface area contributed by atoms with E-state index < -0.39 is 0 Å². The van der Waals surface area contributed by atoms with Crippen LogP contribution in [0, 0.1) is 19.8 Å². The Morgan fingerprint density at radius 2 is 2.00 bits per heavy atom. The average molecular weight is 261 g/mol. The highest BCUT2D eigenvalue weighted by molar-refractivity contribution is 5.32. The van der Waals surface area contributed by atoms with Gasteiger partial charge in [0.2, 0.25) is 0 Å². The van der Waals surface area contributed by atoms with Crippen LogP contribution in [0.15, 0.2) is 18.2 Å². The largest absolute Gasteiger partial charge is 0.373 e. The molecule has 1 fully saturated rings. The van der Waals surface area contributed by atoms with Gasteiger partial charge in [0.1, 0.15) is 0 Å². The summed E-state index contributed by atoms with van der Waals surface area (Å²) in [5.41, 5.74) is 4.22. The standard InChI is InChI=1S/C17H27NO/c1-12-6-7-15(13(2)10-12)16-14(8-9-19-16)11-18-17(3,4)5/h6-7,10,14,16,18H,8-9,11H2,1-5H3. The van der Waals surface area contributed by atoms with Crippen molar-refractivity contribution >= 4 is 0 Å². The highest BCUT2D eigenvalue weighted by Crippen LogP contribution is 2.36. The molecule has 0 aromatic heterocycles. The first kappa shape index (κ1) is 14.5. The van der Waals surface area contributed by atoms with Crippen molar-refractivity contribution < 1.29 is 4.74 Å². The van der Waals surface area contributed by atoms with Crippen molar-refractivity contribution in [1.29, 1.82) is 0 Å². The molecule has 1 aromatic rings. The summed E-state index contributed by atoms with van der Waals surface area (Å²) >= 11 is 0. The summed E-state index contributed by atoms with van der Waals surface area (Å²) in [5.74, 6) is 0.584. The second-order valence-electron chi connectivity index (χ2n) is 6.83. The van der Waals surface area contributed by atoms with E-state index in [0.717, 1.165) is 19.6 Å². The van der Waals surface area contributed by atoms with E-state index >= 15 is 0 Å². The van der Waals surface area contributed by atoms with Crippen LogP contribution in [-0.2, 0) is 4.74 Å². The molecule has 19 heavy (non-hydrogen) atoms. The van der Waals surface area contributed by atoms with Gasteiger partial charge in [0, 0.05) is 24.6 Å². The molecule has 2 rings (SSSR count). The molecule has 2 nitrogen and oxygen atoms in total. The van der Waals surface area contributed by atoms with Gasteiger partial charge in [-0.25, -0.2) is 0 Å². The molecule has 2 atom stereocenters. The molecular weight excluding hydrogens is 234 g/mol. The first-order valence-electron chi connectivity index (χ1n) is 7.30. The van der Waals surface area contributed by atoms with Crippen LogP contribution in [-0.4, -0.2) is 18.7 Å². The molecule has 0 saturated carbocycles. The van der Waals surface area contributed by atoms with Gasteiger partial charge in [0.05, 0.1) is 6.10 Å². The summed E-state index contributed by atoms with van der Waals surface area (Å²) in [5, 5.41) is 3.61. The van der Waals surface area contributed by atoms with Crippen LogP contribution in [0.2, 0.25) is 0 Å². The Kier molecular flexibility index (Phi) is 4.32. The Morgan fingerprint density at radius 1 is 1.26 bits per heavy atom. The van der Waals surface area contributed by atoms with Gasteiger partial charge >= 0.3 is 0 Å². The molecular formula is C17H27NO. The maximum atomic E-state index is 6.00.